The van der Waals surface area contributed by atoms with E-state index >= 15 is 0 Å². The number of nitriles is 1. The molecule has 0 aromatic rings. The topological polar surface area (TPSA) is 56.0 Å². The fourth-order valence-corrected chi connectivity index (χ4v) is 0.492. The van der Waals surface area contributed by atoms with E-state index in [2.05, 4.69) is 21.2 Å². The van der Waals surface area contributed by atoms with Crippen molar-refractivity contribution in [1.29, 1.82) is 5.26 Å². The van der Waals surface area contributed by atoms with E-state index in [0.717, 1.165) is 0 Å². The van der Waals surface area contributed by atoms with Gasteiger partial charge in [0.2, 0.25) is 0 Å². The Kier molecular flexibility index (Phi) is 3.04. The van der Waals surface area contributed by atoms with E-state index in [1.54, 1.807) is 13.1 Å². The number of nitrogens with zero attached hydrogens (tertiary/aromatic N) is 1. The predicted molar refractivity (Wildman–Crippen MR) is 33.3 cm³/mol. The third kappa shape index (κ3) is 1.85. The lowest BCUT2D eigenvalue weighted by atomic mass is 10.5. The standard InChI is InChI=1S/C4H5BrN2O/c1-7-3(2-6)4(5)8/h7-8H,1H3/b4-3-. The molecule has 8 heavy (non-hydrogen) atoms. The summed E-state index contributed by atoms with van der Waals surface area (Å²) in [5.74, 6) is 0. The average Bonchev–Trinajstić information content (AvgIpc) is 1.69. The third-order valence-corrected chi connectivity index (χ3v) is 0.965. The minimum absolute atomic E-state index is 0.130. The van der Waals surface area contributed by atoms with Crippen LogP contribution >= 0.6 is 15.9 Å². The van der Waals surface area contributed by atoms with E-state index in [4.69, 9.17) is 10.4 Å². The molecule has 0 aliphatic heterocycles. The van der Waals surface area contributed by atoms with Gasteiger partial charge in [-0.2, -0.15) is 5.26 Å². The zero-order valence-electron chi connectivity index (χ0n) is 4.27. The van der Waals surface area contributed by atoms with Gasteiger partial charge in [-0.05, 0) is 15.9 Å². The van der Waals surface area contributed by atoms with Crippen LogP contribution in [0.2, 0.25) is 0 Å². The van der Waals surface area contributed by atoms with Crippen molar-refractivity contribution in [3.05, 3.63) is 10.4 Å². The highest BCUT2D eigenvalue weighted by atomic mass is 79.9. The molecule has 0 unspecified atom stereocenters. The second-order valence-corrected chi connectivity index (χ2v) is 1.78. The number of nitrogens with one attached hydrogen (secondary N) is 1. The highest BCUT2D eigenvalue weighted by Gasteiger charge is 1.94. The highest BCUT2D eigenvalue weighted by Crippen LogP contribution is 2.02. The molecule has 44 valence electrons. The lowest BCUT2D eigenvalue weighted by Crippen LogP contribution is -2.04. The monoisotopic (exact) mass is 176 g/mol. The largest absolute Gasteiger partial charge is 0.500 e. The van der Waals surface area contributed by atoms with E-state index in [1.807, 2.05) is 0 Å². The zero-order valence-corrected chi connectivity index (χ0v) is 5.86. The predicted octanol–water partition coefficient (Wildman–Crippen LogP) is 0.851. The molecule has 0 aromatic heterocycles. The molecule has 0 amide bonds. The Balaban J connectivity index is 4.15. The minimum Gasteiger partial charge on any atom is -0.500 e. The summed E-state index contributed by atoms with van der Waals surface area (Å²) in [7, 11) is 1.55. The summed E-state index contributed by atoms with van der Waals surface area (Å²) < 4.78 is -0.164. The van der Waals surface area contributed by atoms with E-state index < -0.39 is 0 Å². The second kappa shape index (κ2) is 3.33. The maximum absolute atomic E-state index is 8.52. The molecular weight excluding hydrogens is 172 g/mol. The first-order valence-electron chi connectivity index (χ1n) is 1.89. The van der Waals surface area contributed by atoms with Crippen LogP contribution in [0.3, 0.4) is 0 Å². The van der Waals surface area contributed by atoms with Gasteiger partial charge in [0.1, 0.15) is 6.07 Å². The van der Waals surface area contributed by atoms with Gasteiger partial charge in [-0.3, -0.25) is 0 Å². The van der Waals surface area contributed by atoms with Gasteiger partial charge in [-0.1, -0.05) is 0 Å². The van der Waals surface area contributed by atoms with Crippen LogP contribution in [-0.4, -0.2) is 12.2 Å². The quantitative estimate of drug-likeness (QED) is 0.461. The third-order valence-electron chi connectivity index (χ3n) is 0.568. The van der Waals surface area contributed by atoms with Gasteiger partial charge in [0, 0.05) is 7.05 Å². The van der Waals surface area contributed by atoms with Gasteiger partial charge in [0.15, 0.2) is 10.4 Å². The Labute approximate surface area is 55.7 Å². The van der Waals surface area contributed by atoms with E-state index in [0.29, 0.717) is 0 Å². The minimum atomic E-state index is -0.164. The van der Waals surface area contributed by atoms with Gasteiger partial charge in [-0.15, -0.1) is 0 Å². The second-order valence-electron chi connectivity index (χ2n) is 1.03. The molecule has 2 N–H and O–H groups in total. The number of allylic oxidation sites excluding steroid dienone is 1. The molecule has 0 saturated heterocycles. The van der Waals surface area contributed by atoms with E-state index in [-0.39, 0.29) is 10.4 Å². The van der Waals surface area contributed by atoms with Crippen LogP contribution in [0, 0.1) is 11.3 Å². The molecule has 0 aliphatic rings. The lowest BCUT2D eigenvalue weighted by Gasteiger charge is -1.92. The summed E-state index contributed by atoms with van der Waals surface area (Å²) in [5, 5.41) is 19.1. The van der Waals surface area contributed by atoms with Gasteiger partial charge in [0.05, 0.1) is 0 Å². The molecule has 0 spiro atoms. The summed E-state index contributed by atoms with van der Waals surface area (Å²) in [6, 6.07) is 1.72. The van der Waals surface area contributed by atoms with Crippen molar-refractivity contribution in [2.24, 2.45) is 0 Å². The molecule has 0 radical (unpaired) electrons. The fraction of sp³-hybridized carbons (Fsp3) is 0.250. The zero-order chi connectivity index (χ0) is 6.57. The molecule has 0 atom stereocenters. The summed E-state index contributed by atoms with van der Waals surface area (Å²) in [6.07, 6.45) is 0. The van der Waals surface area contributed by atoms with Gasteiger partial charge in [0.25, 0.3) is 0 Å². The molecule has 0 rings (SSSR count). The molecule has 0 bridgehead atoms. The number of aliphatic hydroxyl groups is 1. The Morgan fingerprint density at radius 3 is 2.38 bits per heavy atom. The number of rotatable bonds is 1. The van der Waals surface area contributed by atoms with Crippen LogP contribution in [-0.2, 0) is 0 Å². The average molecular weight is 177 g/mol. The molecule has 0 aromatic carbocycles. The summed E-state index contributed by atoms with van der Waals surface area (Å²) >= 11 is 2.71. The smallest absolute Gasteiger partial charge is 0.193 e. The molecule has 0 aliphatic carbocycles. The van der Waals surface area contributed by atoms with Crippen molar-refractivity contribution >= 4 is 15.9 Å². The summed E-state index contributed by atoms with van der Waals surface area (Å²) in [4.78, 5) is 0. The van der Waals surface area contributed by atoms with Crippen molar-refractivity contribution < 1.29 is 5.11 Å². The molecule has 4 heteroatoms. The summed E-state index contributed by atoms with van der Waals surface area (Å²) in [5.41, 5.74) is 0.130. The van der Waals surface area contributed by atoms with E-state index in [1.165, 1.54) is 0 Å². The van der Waals surface area contributed by atoms with Crippen LogP contribution in [0.4, 0.5) is 0 Å². The SMILES string of the molecule is CN/C(C#N)=C(\O)Br. The summed E-state index contributed by atoms with van der Waals surface area (Å²) in [6.45, 7) is 0. The van der Waals surface area contributed by atoms with Crippen LogP contribution in [0.5, 0.6) is 0 Å². The van der Waals surface area contributed by atoms with Crippen LogP contribution in [0.1, 0.15) is 0 Å². The van der Waals surface area contributed by atoms with Gasteiger partial charge < -0.3 is 10.4 Å². The van der Waals surface area contributed by atoms with Crippen LogP contribution in [0.15, 0.2) is 10.4 Å². The number of aliphatic hydroxyl groups excluding tert-OH is 1. The van der Waals surface area contributed by atoms with Crippen LogP contribution < -0.4 is 5.32 Å². The maximum atomic E-state index is 8.52. The van der Waals surface area contributed by atoms with Crippen LogP contribution in [0.25, 0.3) is 0 Å². The highest BCUT2D eigenvalue weighted by molar-refractivity contribution is 9.11. The van der Waals surface area contributed by atoms with E-state index in [9.17, 15) is 0 Å². The van der Waals surface area contributed by atoms with Crippen molar-refractivity contribution in [1.82, 2.24) is 5.32 Å². The molecular formula is C4H5BrN2O. The number of hydrogen-bond donors (Lipinski definition) is 2. The van der Waals surface area contributed by atoms with Crippen molar-refractivity contribution in [2.45, 2.75) is 0 Å². The maximum Gasteiger partial charge on any atom is 0.193 e. The molecule has 0 heterocycles. The fourth-order valence-electron chi connectivity index (χ4n) is 0.205. The van der Waals surface area contributed by atoms with Crippen molar-refractivity contribution in [3.63, 3.8) is 0 Å². The molecule has 0 saturated carbocycles. The lowest BCUT2D eigenvalue weighted by molar-refractivity contribution is 0.452. The Hall–Kier alpha value is -0.690. The van der Waals surface area contributed by atoms with Gasteiger partial charge >= 0.3 is 0 Å². The number of halogens is 1. The van der Waals surface area contributed by atoms with Gasteiger partial charge in [-0.25, -0.2) is 0 Å². The first-order chi connectivity index (χ1) is 3.72. The Morgan fingerprint density at radius 2 is 2.38 bits per heavy atom. The van der Waals surface area contributed by atoms with Crippen molar-refractivity contribution in [3.8, 4) is 6.07 Å². The molecule has 0 fully saturated rings. The first kappa shape index (κ1) is 7.31. The molecule has 3 nitrogen and oxygen atoms in total. The Bertz CT molecular complexity index is 143. The van der Waals surface area contributed by atoms with Crippen molar-refractivity contribution in [2.75, 3.05) is 7.05 Å². The normalized spacial score (nSPS) is 11.6. The number of hydrogen-bond acceptors (Lipinski definition) is 3. The Morgan fingerprint density at radius 1 is 1.88 bits per heavy atom. The first-order valence-corrected chi connectivity index (χ1v) is 2.68.